The summed E-state index contributed by atoms with van der Waals surface area (Å²) in [6, 6.07) is -0.726. The fourth-order valence-corrected chi connectivity index (χ4v) is 7.90. The molecule has 0 spiro atoms. The van der Waals surface area contributed by atoms with Gasteiger partial charge in [-0.2, -0.15) is 0 Å². The Kier molecular flexibility index (Phi) is 44.3. The third kappa shape index (κ3) is 44.5. The predicted molar refractivity (Wildman–Crippen MR) is 263 cm³/mol. The number of ether oxygens (including phenoxy) is 3. The number of carbonyl (C=O) groups is 3. The number of quaternary nitrogens is 1. The van der Waals surface area contributed by atoms with Crippen molar-refractivity contribution in [1.82, 2.24) is 0 Å². The zero-order valence-corrected chi connectivity index (χ0v) is 42.0. The maximum atomic E-state index is 12.8. The first-order valence-corrected chi connectivity index (χ1v) is 26.5. The van der Waals surface area contributed by atoms with Crippen LogP contribution >= 0.6 is 0 Å². The number of carbonyl (C=O) groups excluding carboxylic acids is 3. The number of nitrogens with zero attached hydrogens (tertiary/aromatic N) is 1. The lowest BCUT2D eigenvalue weighted by Crippen LogP contribution is -2.55. The van der Waals surface area contributed by atoms with Crippen molar-refractivity contribution in [3.63, 3.8) is 0 Å². The first kappa shape index (κ1) is 60.5. The molecule has 0 saturated heterocycles. The number of esters is 2. The SMILES string of the molecule is CCCCC/C=C/C/C=C/C/C=C/CCCCCCCCCCCC(=O)OC(COCCC(C(=O)[O-])[N+](C)(C)C)COC(=O)CCCCCCCCCCCCCCCCCCC. The molecule has 0 aliphatic carbocycles. The van der Waals surface area contributed by atoms with E-state index in [1.807, 2.05) is 21.1 Å². The molecule has 8 nitrogen and oxygen atoms in total. The van der Waals surface area contributed by atoms with Crippen LogP contribution in [0.25, 0.3) is 0 Å². The zero-order chi connectivity index (χ0) is 46.3. The fraction of sp³-hybridized carbons (Fsp3) is 0.836. The molecular weight excluding hydrogens is 787 g/mol. The molecule has 2 atom stereocenters. The van der Waals surface area contributed by atoms with E-state index in [9.17, 15) is 19.5 Å². The Labute approximate surface area is 389 Å². The summed E-state index contributed by atoms with van der Waals surface area (Å²) in [7, 11) is 5.42. The quantitative estimate of drug-likeness (QED) is 0.0259. The third-order valence-corrected chi connectivity index (χ3v) is 12.0. The Balaban J connectivity index is 4.22. The molecule has 0 aromatic carbocycles. The molecule has 0 aliphatic heterocycles. The summed E-state index contributed by atoms with van der Waals surface area (Å²) in [5, 5.41) is 11.7. The molecule has 0 fully saturated rings. The van der Waals surface area contributed by atoms with E-state index in [1.165, 1.54) is 154 Å². The predicted octanol–water partition coefficient (Wildman–Crippen LogP) is 14.0. The normalized spacial score (nSPS) is 13.1. The molecule has 0 rings (SSSR count). The fourth-order valence-electron chi connectivity index (χ4n) is 7.90. The maximum Gasteiger partial charge on any atom is 0.306 e. The van der Waals surface area contributed by atoms with E-state index in [0.29, 0.717) is 12.8 Å². The number of allylic oxidation sites excluding steroid dienone is 6. The number of carboxylic acids is 1. The molecule has 2 unspecified atom stereocenters. The van der Waals surface area contributed by atoms with E-state index < -0.39 is 18.1 Å². The number of hydrogen-bond acceptors (Lipinski definition) is 7. The van der Waals surface area contributed by atoms with Crippen LogP contribution in [0.4, 0.5) is 0 Å². The van der Waals surface area contributed by atoms with Crippen LogP contribution in [-0.4, -0.2) is 75.5 Å². The molecule has 63 heavy (non-hydrogen) atoms. The average Bonchev–Trinajstić information content (AvgIpc) is 3.24. The van der Waals surface area contributed by atoms with Crippen molar-refractivity contribution in [3.05, 3.63) is 36.5 Å². The lowest BCUT2D eigenvalue weighted by molar-refractivity contribution is -0.889. The summed E-state index contributed by atoms with van der Waals surface area (Å²) in [6.07, 6.45) is 54.5. The Morgan fingerprint density at radius 2 is 0.841 bits per heavy atom. The van der Waals surface area contributed by atoms with E-state index in [1.54, 1.807) is 0 Å². The van der Waals surface area contributed by atoms with Gasteiger partial charge in [0.2, 0.25) is 0 Å². The molecule has 0 radical (unpaired) electrons. The molecule has 0 heterocycles. The molecule has 8 heteroatoms. The van der Waals surface area contributed by atoms with Crippen molar-refractivity contribution in [3.8, 4) is 0 Å². The van der Waals surface area contributed by atoms with Gasteiger partial charge in [-0.1, -0.05) is 211 Å². The van der Waals surface area contributed by atoms with Crippen molar-refractivity contribution >= 4 is 17.9 Å². The molecule has 0 N–H and O–H groups in total. The Morgan fingerprint density at radius 1 is 0.476 bits per heavy atom. The number of hydrogen-bond donors (Lipinski definition) is 0. The van der Waals surface area contributed by atoms with Crippen molar-refractivity contribution in [2.24, 2.45) is 0 Å². The first-order chi connectivity index (χ1) is 30.6. The van der Waals surface area contributed by atoms with Gasteiger partial charge in [-0.3, -0.25) is 9.59 Å². The van der Waals surface area contributed by atoms with Crippen LogP contribution in [-0.2, 0) is 28.6 Å². The minimum atomic E-state index is -1.12. The highest BCUT2D eigenvalue weighted by Crippen LogP contribution is 2.16. The van der Waals surface area contributed by atoms with E-state index in [2.05, 4.69) is 50.3 Å². The van der Waals surface area contributed by atoms with Gasteiger partial charge in [-0.15, -0.1) is 0 Å². The van der Waals surface area contributed by atoms with Crippen molar-refractivity contribution in [2.75, 3.05) is 41.0 Å². The molecule has 0 bridgehead atoms. The number of aliphatic carboxylic acids is 1. The van der Waals surface area contributed by atoms with Gasteiger partial charge < -0.3 is 28.6 Å². The molecule has 368 valence electrons. The zero-order valence-electron chi connectivity index (χ0n) is 42.0. The van der Waals surface area contributed by atoms with E-state index in [4.69, 9.17) is 14.2 Å². The highest BCUT2D eigenvalue weighted by Gasteiger charge is 2.25. The van der Waals surface area contributed by atoms with Crippen LogP contribution in [0.5, 0.6) is 0 Å². The topological polar surface area (TPSA) is 102 Å². The van der Waals surface area contributed by atoms with Crippen LogP contribution in [0.3, 0.4) is 0 Å². The monoisotopic (exact) mass is 888 g/mol. The molecule has 0 aromatic rings. The minimum Gasteiger partial charge on any atom is -0.544 e. The summed E-state index contributed by atoms with van der Waals surface area (Å²) in [6.45, 7) is 4.67. The second-order valence-corrected chi connectivity index (χ2v) is 19.1. The average molecular weight is 888 g/mol. The largest absolute Gasteiger partial charge is 0.544 e. The van der Waals surface area contributed by atoms with E-state index >= 15 is 0 Å². The van der Waals surface area contributed by atoms with Crippen LogP contribution in [0.2, 0.25) is 0 Å². The Bertz CT molecular complexity index is 1130. The van der Waals surface area contributed by atoms with Gasteiger partial charge in [-0.05, 0) is 51.4 Å². The van der Waals surface area contributed by atoms with Crippen LogP contribution < -0.4 is 5.11 Å². The molecule has 0 amide bonds. The number of carboxylic acid groups (broad SMARTS) is 1. The lowest BCUT2D eigenvalue weighted by atomic mass is 10.0. The van der Waals surface area contributed by atoms with Gasteiger partial charge in [-0.25, -0.2) is 0 Å². The highest BCUT2D eigenvalue weighted by atomic mass is 16.6. The number of rotatable bonds is 48. The van der Waals surface area contributed by atoms with Gasteiger partial charge in [0, 0.05) is 19.3 Å². The lowest BCUT2D eigenvalue weighted by Gasteiger charge is -2.34. The number of likely N-dealkylation sites (N-methyl/N-ethyl adjacent to an activating group) is 1. The summed E-state index contributed by atoms with van der Waals surface area (Å²) in [4.78, 5) is 37.1. The van der Waals surface area contributed by atoms with Gasteiger partial charge in [0.15, 0.2) is 6.10 Å². The van der Waals surface area contributed by atoms with Gasteiger partial charge in [0.1, 0.15) is 12.6 Å². The van der Waals surface area contributed by atoms with Crippen molar-refractivity contribution in [1.29, 1.82) is 0 Å². The van der Waals surface area contributed by atoms with E-state index in [0.717, 1.165) is 57.8 Å². The standard InChI is InChI=1S/C55H101NO7/c1-6-8-10-12-14-16-18-20-22-24-25-26-27-28-30-32-34-36-38-40-42-44-46-54(58)63-51(49-61-48-47-52(55(59)60)56(3,4)5)50-62-53(57)45-43-41-39-37-35-33-31-29-23-21-19-17-15-13-11-9-7-2/h14,16,20,22,25-26,51-52H,6-13,15,17-19,21,23-24,27-50H2,1-5H3/b16-14+,22-20+,26-25+. The molecule has 0 saturated carbocycles. The summed E-state index contributed by atoms with van der Waals surface area (Å²) >= 11 is 0. The number of unbranched alkanes of at least 4 members (excludes halogenated alkanes) is 28. The molecule has 0 aliphatic rings. The summed E-state index contributed by atoms with van der Waals surface area (Å²) < 4.78 is 17.3. The first-order valence-electron chi connectivity index (χ1n) is 26.5. The second-order valence-electron chi connectivity index (χ2n) is 19.1. The van der Waals surface area contributed by atoms with Crippen molar-refractivity contribution in [2.45, 2.75) is 257 Å². The summed E-state index contributed by atoms with van der Waals surface area (Å²) in [5.74, 6) is -1.73. The van der Waals surface area contributed by atoms with E-state index in [-0.39, 0.29) is 42.7 Å². The van der Waals surface area contributed by atoms with Crippen LogP contribution in [0, 0.1) is 0 Å². The molecule has 0 aromatic heterocycles. The minimum absolute atomic E-state index is 0.0417. The Hall–Kier alpha value is -2.45. The smallest absolute Gasteiger partial charge is 0.306 e. The van der Waals surface area contributed by atoms with Crippen LogP contribution in [0.15, 0.2) is 36.5 Å². The highest BCUT2D eigenvalue weighted by molar-refractivity contribution is 5.70. The van der Waals surface area contributed by atoms with Gasteiger partial charge in [0.05, 0.1) is 40.3 Å². The van der Waals surface area contributed by atoms with Crippen LogP contribution in [0.1, 0.15) is 245 Å². The van der Waals surface area contributed by atoms with Crippen molar-refractivity contribution < 1.29 is 38.2 Å². The second kappa shape index (κ2) is 46.1. The summed E-state index contributed by atoms with van der Waals surface area (Å²) in [5.41, 5.74) is 0. The Morgan fingerprint density at radius 3 is 1.27 bits per heavy atom. The maximum absolute atomic E-state index is 12.8. The van der Waals surface area contributed by atoms with Gasteiger partial charge in [0.25, 0.3) is 0 Å². The molecular formula is C55H101NO7. The van der Waals surface area contributed by atoms with Gasteiger partial charge >= 0.3 is 11.9 Å². The third-order valence-electron chi connectivity index (χ3n) is 12.0.